The van der Waals surface area contributed by atoms with Crippen LogP contribution in [0.25, 0.3) is 22.6 Å². The maximum atomic E-state index is 12.5. The quantitative estimate of drug-likeness (QED) is 0.511. The number of imidazole rings is 1. The zero-order valence-corrected chi connectivity index (χ0v) is 16.3. The van der Waals surface area contributed by atoms with Crippen molar-refractivity contribution in [2.24, 2.45) is 0 Å². The molecule has 146 valence electrons. The molecule has 2 aromatic carbocycles. The molecular formula is C23H23N5O. The highest BCUT2D eigenvalue weighted by Gasteiger charge is 2.10. The number of fused-ring (bicyclic) bond motifs is 1. The van der Waals surface area contributed by atoms with Gasteiger partial charge in [-0.1, -0.05) is 36.4 Å². The van der Waals surface area contributed by atoms with Crippen LogP contribution in [0.15, 0.2) is 72.9 Å². The Morgan fingerprint density at radius 3 is 2.69 bits per heavy atom. The molecule has 0 bridgehead atoms. The van der Waals surface area contributed by atoms with Crippen molar-refractivity contribution in [2.75, 3.05) is 20.1 Å². The molecule has 4 rings (SSSR count). The number of aromatic nitrogens is 3. The van der Waals surface area contributed by atoms with Gasteiger partial charge in [0, 0.05) is 31.4 Å². The van der Waals surface area contributed by atoms with E-state index >= 15 is 0 Å². The lowest BCUT2D eigenvalue weighted by Crippen LogP contribution is -2.32. The minimum absolute atomic E-state index is 0.0889. The highest BCUT2D eigenvalue weighted by atomic mass is 16.1. The second-order valence-corrected chi connectivity index (χ2v) is 7.01. The molecule has 0 aliphatic heterocycles. The van der Waals surface area contributed by atoms with Crippen molar-refractivity contribution in [3.8, 4) is 11.5 Å². The van der Waals surface area contributed by atoms with Crippen LogP contribution in [0.1, 0.15) is 15.9 Å². The summed E-state index contributed by atoms with van der Waals surface area (Å²) in [7, 11) is 2.05. The van der Waals surface area contributed by atoms with E-state index in [4.69, 9.17) is 0 Å². The molecule has 0 atom stereocenters. The molecule has 4 aromatic rings. The van der Waals surface area contributed by atoms with E-state index in [-0.39, 0.29) is 5.91 Å². The van der Waals surface area contributed by atoms with Crippen LogP contribution < -0.4 is 5.32 Å². The number of H-pyrrole nitrogens is 1. The van der Waals surface area contributed by atoms with Gasteiger partial charge in [0.05, 0.1) is 11.0 Å². The van der Waals surface area contributed by atoms with Crippen molar-refractivity contribution in [2.45, 2.75) is 6.54 Å². The first-order valence-electron chi connectivity index (χ1n) is 9.61. The molecule has 2 N–H and O–H groups in total. The van der Waals surface area contributed by atoms with E-state index in [9.17, 15) is 4.79 Å². The van der Waals surface area contributed by atoms with Crippen LogP contribution in [-0.4, -0.2) is 45.9 Å². The lowest BCUT2D eigenvalue weighted by Gasteiger charge is -2.17. The molecule has 1 amide bonds. The molecule has 2 heterocycles. The van der Waals surface area contributed by atoms with Crippen LogP contribution in [0.2, 0.25) is 0 Å². The third-order valence-corrected chi connectivity index (χ3v) is 4.73. The highest BCUT2D eigenvalue weighted by Crippen LogP contribution is 2.19. The lowest BCUT2D eigenvalue weighted by atomic mass is 10.2. The van der Waals surface area contributed by atoms with E-state index in [2.05, 4.69) is 44.3 Å². The number of likely N-dealkylation sites (N-methyl/N-ethyl adjacent to an activating group) is 1. The van der Waals surface area contributed by atoms with Gasteiger partial charge in [-0.25, -0.2) is 4.98 Å². The van der Waals surface area contributed by atoms with E-state index in [1.54, 1.807) is 12.3 Å². The molecule has 0 unspecified atom stereocenters. The zero-order chi connectivity index (χ0) is 20.1. The lowest BCUT2D eigenvalue weighted by molar-refractivity contribution is 0.0949. The third kappa shape index (κ3) is 4.67. The summed E-state index contributed by atoms with van der Waals surface area (Å²) in [6.45, 7) is 2.21. The summed E-state index contributed by atoms with van der Waals surface area (Å²) in [5.41, 5.74) is 4.27. The third-order valence-electron chi connectivity index (χ3n) is 4.73. The molecule has 0 radical (unpaired) electrons. The number of pyridine rings is 1. The van der Waals surface area contributed by atoms with Crippen LogP contribution in [0.4, 0.5) is 0 Å². The average molecular weight is 385 g/mol. The predicted octanol–water partition coefficient (Wildman–Crippen LogP) is 3.49. The minimum atomic E-state index is -0.0889. The normalized spacial score (nSPS) is 11.1. The molecule has 6 nitrogen and oxygen atoms in total. The van der Waals surface area contributed by atoms with Crippen LogP contribution in [0.5, 0.6) is 0 Å². The van der Waals surface area contributed by atoms with Crippen molar-refractivity contribution < 1.29 is 4.79 Å². The second-order valence-electron chi connectivity index (χ2n) is 7.01. The Bertz CT molecular complexity index is 1090. The maximum absolute atomic E-state index is 12.5. The van der Waals surface area contributed by atoms with Crippen molar-refractivity contribution in [3.63, 3.8) is 0 Å². The fourth-order valence-corrected chi connectivity index (χ4v) is 3.21. The second kappa shape index (κ2) is 8.67. The molecular weight excluding hydrogens is 362 g/mol. The van der Waals surface area contributed by atoms with Crippen LogP contribution in [0, 0.1) is 0 Å². The van der Waals surface area contributed by atoms with Gasteiger partial charge in [-0.05, 0) is 42.9 Å². The van der Waals surface area contributed by atoms with E-state index in [0.29, 0.717) is 17.9 Å². The van der Waals surface area contributed by atoms with Crippen molar-refractivity contribution in [1.29, 1.82) is 0 Å². The number of nitrogens with zero attached hydrogens (tertiary/aromatic N) is 3. The van der Waals surface area contributed by atoms with Crippen molar-refractivity contribution in [3.05, 3.63) is 84.1 Å². The Labute approximate surface area is 169 Å². The summed E-state index contributed by atoms with van der Waals surface area (Å²) < 4.78 is 0. The number of carbonyl (C=O) groups is 1. The molecule has 0 aliphatic carbocycles. The molecule has 0 saturated heterocycles. The number of carbonyl (C=O) groups excluding carboxylic acids is 1. The van der Waals surface area contributed by atoms with E-state index in [1.165, 1.54) is 5.56 Å². The van der Waals surface area contributed by atoms with Gasteiger partial charge in [-0.2, -0.15) is 0 Å². The van der Waals surface area contributed by atoms with Gasteiger partial charge in [0.2, 0.25) is 0 Å². The molecule has 0 spiro atoms. The number of amides is 1. The van der Waals surface area contributed by atoms with Gasteiger partial charge >= 0.3 is 0 Å². The average Bonchev–Trinajstić information content (AvgIpc) is 3.18. The number of aromatic amines is 1. The Morgan fingerprint density at radius 1 is 1.07 bits per heavy atom. The van der Waals surface area contributed by atoms with Crippen molar-refractivity contribution >= 4 is 16.9 Å². The molecule has 29 heavy (non-hydrogen) atoms. The number of hydrogen-bond donors (Lipinski definition) is 2. The topological polar surface area (TPSA) is 73.9 Å². The van der Waals surface area contributed by atoms with Gasteiger partial charge in [-0.15, -0.1) is 0 Å². The van der Waals surface area contributed by atoms with Gasteiger partial charge in [-0.3, -0.25) is 9.78 Å². The fourth-order valence-electron chi connectivity index (χ4n) is 3.21. The van der Waals surface area contributed by atoms with Crippen molar-refractivity contribution in [1.82, 2.24) is 25.2 Å². The molecule has 6 heteroatoms. The summed E-state index contributed by atoms with van der Waals surface area (Å²) in [4.78, 5) is 26.8. The molecule has 0 saturated carbocycles. The number of hydrogen-bond acceptors (Lipinski definition) is 4. The summed E-state index contributed by atoms with van der Waals surface area (Å²) in [5, 5.41) is 2.99. The standard InChI is InChI=1S/C23H23N5O/c1-28(16-17-7-3-2-4-8-17)14-13-25-23(29)18-10-11-19-21(15-18)27-22(26-19)20-9-5-6-12-24-20/h2-12,15H,13-14,16H2,1H3,(H,25,29)(H,26,27). The van der Waals surface area contributed by atoms with E-state index < -0.39 is 0 Å². The first-order valence-corrected chi connectivity index (χ1v) is 9.61. The summed E-state index contributed by atoms with van der Waals surface area (Å²) in [5.74, 6) is 0.606. The molecule has 0 fully saturated rings. The van der Waals surface area contributed by atoms with Gasteiger partial charge in [0.1, 0.15) is 5.69 Å². The van der Waals surface area contributed by atoms with Crippen LogP contribution >= 0.6 is 0 Å². The fraction of sp³-hybridized carbons (Fsp3) is 0.174. The monoisotopic (exact) mass is 385 g/mol. The molecule has 0 aliphatic rings. The smallest absolute Gasteiger partial charge is 0.251 e. The number of benzene rings is 2. The Kier molecular flexibility index (Phi) is 5.63. The number of rotatable bonds is 7. The zero-order valence-electron chi connectivity index (χ0n) is 16.3. The van der Waals surface area contributed by atoms with Crippen LogP contribution in [-0.2, 0) is 6.54 Å². The maximum Gasteiger partial charge on any atom is 0.251 e. The Hall–Kier alpha value is -3.51. The summed E-state index contributed by atoms with van der Waals surface area (Å²) >= 11 is 0. The summed E-state index contributed by atoms with van der Waals surface area (Å²) in [6, 6.07) is 21.5. The SMILES string of the molecule is CN(CCNC(=O)c1ccc2nc(-c3ccccn3)[nH]c2c1)Cc1ccccc1. The first kappa shape index (κ1) is 18.8. The predicted molar refractivity (Wildman–Crippen MR) is 114 cm³/mol. The highest BCUT2D eigenvalue weighted by molar-refractivity contribution is 5.97. The minimum Gasteiger partial charge on any atom is -0.351 e. The Morgan fingerprint density at radius 2 is 1.90 bits per heavy atom. The summed E-state index contributed by atoms with van der Waals surface area (Å²) in [6.07, 6.45) is 1.73. The van der Waals surface area contributed by atoms with Gasteiger partial charge in [0.15, 0.2) is 5.82 Å². The van der Waals surface area contributed by atoms with Gasteiger partial charge in [0.25, 0.3) is 5.91 Å². The first-order chi connectivity index (χ1) is 14.2. The number of nitrogens with one attached hydrogen (secondary N) is 2. The van der Waals surface area contributed by atoms with Gasteiger partial charge < -0.3 is 15.2 Å². The van der Waals surface area contributed by atoms with E-state index in [0.717, 1.165) is 29.8 Å². The van der Waals surface area contributed by atoms with E-state index in [1.807, 2.05) is 48.5 Å². The largest absolute Gasteiger partial charge is 0.351 e. The van der Waals surface area contributed by atoms with Crippen LogP contribution in [0.3, 0.4) is 0 Å². The molecule has 2 aromatic heterocycles. The Balaban J connectivity index is 1.36.